The molecule has 1 aromatic heterocycles. The summed E-state index contributed by atoms with van der Waals surface area (Å²) in [5, 5.41) is 0. The molecule has 106 valence electrons. The van der Waals surface area contributed by atoms with Gasteiger partial charge < -0.3 is 0 Å². The van der Waals surface area contributed by atoms with Crippen LogP contribution in [0, 0.1) is 0 Å². The molecule has 0 aliphatic rings. The molecule has 0 spiro atoms. The maximum Gasteiger partial charge on any atom is 0.241 e. The Bertz CT molecular complexity index is 325. The Morgan fingerprint density at radius 1 is 0.947 bits per heavy atom. The summed E-state index contributed by atoms with van der Waals surface area (Å²) in [7, 11) is 0. The number of allylic oxidation sites excluding steroid dienone is 3. The summed E-state index contributed by atoms with van der Waals surface area (Å²) in [6, 6.07) is 0. The van der Waals surface area contributed by atoms with E-state index in [-0.39, 0.29) is 0 Å². The number of rotatable bonds is 12. The second kappa shape index (κ2) is 11.8. The van der Waals surface area contributed by atoms with Crippen LogP contribution in [-0.2, 0) is 6.54 Å². The molecule has 0 bridgehead atoms. The van der Waals surface area contributed by atoms with Crippen LogP contribution in [0.4, 0.5) is 0 Å². The molecule has 1 rings (SSSR count). The number of H-pyrrole nitrogens is 1. The highest BCUT2D eigenvalue weighted by atomic mass is 15.0. The van der Waals surface area contributed by atoms with E-state index in [0.29, 0.717) is 0 Å². The Kier molecular flexibility index (Phi) is 9.75. The van der Waals surface area contributed by atoms with Crippen LogP contribution in [0.15, 0.2) is 43.5 Å². The minimum absolute atomic E-state index is 1.15. The van der Waals surface area contributed by atoms with E-state index >= 15 is 0 Å². The van der Waals surface area contributed by atoms with Crippen molar-refractivity contribution >= 4 is 0 Å². The lowest BCUT2D eigenvalue weighted by molar-refractivity contribution is -0.696. The van der Waals surface area contributed by atoms with Crippen molar-refractivity contribution in [3.05, 3.63) is 43.5 Å². The van der Waals surface area contributed by atoms with Gasteiger partial charge in [0.25, 0.3) is 0 Å². The van der Waals surface area contributed by atoms with Crippen molar-refractivity contribution in [3.63, 3.8) is 0 Å². The quantitative estimate of drug-likeness (QED) is 0.323. The van der Waals surface area contributed by atoms with Gasteiger partial charge in [-0.15, -0.1) is 0 Å². The minimum Gasteiger partial charge on any atom is -0.250 e. The van der Waals surface area contributed by atoms with Crippen molar-refractivity contribution < 1.29 is 4.57 Å². The van der Waals surface area contributed by atoms with Gasteiger partial charge in [0.2, 0.25) is 6.33 Å². The van der Waals surface area contributed by atoms with Gasteiger partial charge in [0.15, 0.2) is 0 Å². The van der Waals surface area contributed by atoms with Crippen LogP contribution in [0.5, 0.6) is 0 Å². The number of imidazole rings is 1. The molecule has 0 radical (unpaired) electrons. The molecule has 1 N–H and O–H groups in total. The summed E-state index contributed by atoms with van der Waals surface area (Å²) in [6.07, 6.45) is 24.4. The number of aromatic amines is 1. The first-order valence-electron chi connectivity index (χ1n) is 7.73. The van der Waals surface area contributed by atoms with E-state index < -0.39 is 0 Å². The SMILES string of the molecule is C=CC=CCCCCCCCCCC[n+]1cc[nH]c1. The third-order valence-corrected chi connectivity index (χ3v) is 3.41. The van der Waals surface area contributed by atoms with Crippen LogP contribution in [-0.4, -0.2) is 4.98 Å². The highest BCUT2D eigenvalue weighted by Gasteiger charge is 1.96. The summed E-state index contributed by atoms with van der Waals surface area (Å²) < 4.78 is 2.22. The zero-order valence-corrected chi connectivity index (χ0v) is 12.2. The predicted octanol–water partition coefficient (Wildman–Crippen LogP) is 4.56. The van der Waals surface area contributed by atoms with Crippen molar-refractivity contribution in [2.75, 3.05) is 0 Å². The normalized spacial score (nSPS) is 11.2. The summed E-state index contributed by atoms with van der Waals surface area (Å²) in [5.74, 6) is 0. The fourth-order valence-corrected chi connectivity index (χ4v) is 2.27. The lowest BCUT2D eigenvalue weighted by atomic mass is 10.1. The molecule has 0 saturated carbocycles. The molecular weight excluding hydrogens is 232 g/mol. The van der Waals surface area contributed by atoms with Crippen LogP contribution in [0.1, 0.15) is 57.8 Å². The maximum atomic E-state index is 3.67. The molecular formula is C17H29N2+. The number of unbranched alkanes of at least 4 members (excludes halogenated alkanes) is 8. The van der Waals surface area contributed by atoms with E-state index in [1.165, 1.54) is 57.8 Å². The van der Waals surface area contributed by atoms with Crippen LogP contribution in [0.3, 0.4) is 0 Å². The number of aryl methyl sites for hydroxylation is 1. The maximum absolute atomic E-state index is 3.67. The molecule has 0 fully saturated rings. The van der Waals surface area contributed by atoms with Gasteiger partial charge in [-0.3, -0.25) is 4.98 Å². The largest absolute Gasteiger partial charge is 0.250 e. The Labute approximate surface area is 118 Å². The molecule has 0 aromatic carbocycles. The first kappa shape index (κ1) is 15.7. The van der Waals surface area contributed by atoms with Crippen LogP contribution < -0.4 is 4.57 Å². The lowest BCUT2D eigenvalue weighted by Gasteiger charge is -2.01. The fourth-order valence-electron chi connectivity index (χ4n) is 2.27. The van der Waals surface area contributed by atoms with Gasteiger partial charge in [0.05, 0.1) is 6.54 Å². The summed E-state index contributed by atoms with van der Waals surface area (Å²) in [6.45, 7) is 4.82. The molecule has 0 saturated heterocycles. The summed E-state index contributed by atoms with van der Waals surface area (Å²) >= 11 is 0. The van der Waals surface area contributed by atoms with E-state index in [0.717, 1.165) is 6.54 Å². The van der Waals surface area contributed by atoms with Gasteiger partial charge >= 0.3 is 0 Å². The molecule has 0 amide bonds. The van der Waals surface area contributed by atoms with E-state index in [4.69, 9.17) is 0 Å². The van der Waals surface area contributed by atoms with Crippen molar-refractivity contribution in [2.24, 2.45) is 0 Å². The highest BCUT2D eigenvalue weighted by Crippen LogP contribution is 2.09. The molecule has 0 unspecified atom stereocenters. The topological polar surface area (TPSA) is 19.7 Å². The summed E-state index contributed by atoms with van der Waals surface area (Å²) in [5.41, 5.74) is 0. The van der Waals surface area contributed by atoms with E-state index in [2.05, 4.69) is 28.4 Å². The van der Waals surface area contributed by atoms with Gasteiger partial charge in [0.1, 0.15) is 12.4 Å². The molecule has 1 heterocycles. The number of hydrogen-bond acceptors (Lipinski definition) is 0. The van der Waals surface area contributed by atoms with Gasteiger partial charge in [-0.05, 0) is 25.7 Å². The van der Waals surface area contributed by atoms with Gasteiger partial charge in [-0.1, -0.05) is 56.9 Å². The number of nitrogens with zero attached hydrogens (tertiary/aromatic N) is 1. The third-order valence-electron chi connectivity index (χ3n) is 3.41. The lowest BCUT2D eigenvalue weighted by Crippen LogP contribution is -2.30. The second-order valence-corrected chi connectivity index (χ2v) is 5.13. The molecule has 0 aliphatic heterocycles. The Morgan fingerprint density at radius 3 is 2.26 bits per heavy atom. The number of nitrogens with one attached hydrogen (secondary N) is 1. The molecule has 0 aliphatic carbocycles. The van der Waals surface area contributed by atoms with Crippen molar-refractivity contribution in [3.8, 4) is 0 Å². The smallest absolute Gasteiger partial charge is 0.241 e. The highest BCUT2D eigenvalue weighted by molar-refractivity contribution is 4.96. The van der Waals surface area contributed by atoms with Gasteiger partial charge in [-0.2, -0.15) is 0 Å². The average Bonchev–Trinajstić information content (AvgIpc) is 2.93. The van der Waals surface area contributed by atoms with Crippen LogP contribution in [0.2, 0.25) is 0 Å². The van der Waals surface area contributed by atoms with Crippen molar-refractivity contribution in [1.29, 1.82) is 0 Å². The van der Waals surface area contributed by atoms with Crippen molar-refractivity contribution in [1.82, 2.24) is 4.98 Å². The minimum atomic E-state index is 1.15. The van der Waals surface area contributed by atoms with Crippen molar-refractivity contribution in [2.45, 2.75) is 64.3 Å². The molecule has 1 aromatic rings. The first-order chi connectivity index (χ1) is 9.43. The molecule has 2 nitrogen and oxygen atoms in total. The van der Waals surface area contributed by atoms with Gasteiger partial charge in [0, 0.05) is 0 Å². The number of hydrogen-bond donors (Lipinski definition) is 1. The zero-order chi connectivity index (χ0) is 13.6. The Hall–Kier alpha value is -1.31. The monoisotopic (exact) mass is 261 g/mol. The standard InChI is InChI=1S/C17H28N2/c1-2-3-4-5-6-7-8-9-10-11-12-13-15-19-16-14-18-17-19/h2-4,14,16-17H,1,5-13,15H2/p+1. The predicted molar refractivity (Wildman–Crippen MR) is 81.9 cm³/mol. The Morgan fingerprint density at radius 2 is 1.63 bits per heavy atom. The van der Waals surface area contributed by atoms with Crippen LogP contribution >= 0.6 is 0 Å². The average molecular weight is 261 g/mol. The number of aromatic nitrogens is 2. The molecule has 0 atom stereocenters. The summed E-state index contributed by atoms with van der Waals surface area (Å²) in [4.78, 5) is 3.08. The Balaban J connectivity index is 1.76. The first-order valence-corrected chi connectivity index (χ1v) is 7.73. The van der Waals surface area contributed by atoms with E-state index in [1.807, 2.05) is 24.7 Å². The fraction of sp³-hybridized carbons (Fsp3) is 0.588. The second-order valence-electron chi connectivity index (χ2n) is 5.13. The van der Waals surface area contributed by atoms with Gasteiger partial charge in [-0.25, -0.2) is 4.57 Å². The third kappa shape index (κ3) is 9.29. The van der Waals surface area contributed by atoms with Crippen LogP contribution in [0.25, 0.3) is 0 Å². The van der Waals surface area contributed by atoms with E-state index in [1.54, 1.807) is 0 Å². The molecule has 19 heavy (non-hydrogen) atoms. The molecule has 2 heteroatoms. The van der Waals surface area contributed by atoms with E-state index in [9.17, 15) is 0 Å². The zero-order valence-electron chi connectivity index (χ0n) is 12.2.